The number of aromatic nitrogens is 5. The minimum atomic E-state index is -0.378. The van der Waals surface area contributed by atoms with Gasteiger partial charge in [-0.25, -0.2) is 14.5 Å². The topological polar surface area (TPSA) is 107 Å². The molecule has 2 atom stereocenters. The van der Waals surface area contributed by atoms with E-state index in [2.05, 4.69) is 31.4 Å². The highest BCUT2D eigenvalue weighted by Crippen LogP contribution is 2.32. The van der Waals surface area contributed by atoms with Crippen LogP contribution in [0.15, 0.2) is 42.7 Å². The van der Waals surface area contributed by atoms with Gasteiger partial charge < -0.3 is 19.9 Å². The van der Waals surface area contributed by atoms with Crippen molar-refractivity contribution in [3.05, 3.63) is 59.9 Å². The number of nitrogens with one attached hydrogen (secondary N) is 1. The van der Waals surface area contributed by atoms with Crippen LogP contribution in [0.25, 0.3) is 16.6 Å². The summed E-state index contributed by atoms with van der Waals surface area (Å²) in [5, 5.41) is 17.5. The van der Waals surface area contributed by atoms with Crippen molar-refractivity contribution in [3.8, 4) is 16.9 Å². The molecule has 9 nitrogen and oxygen atoms in total. The third-order valence-corrected chi connectivity index (χ3v) is 5.77. The Hall–Kier alpha value is -3.56. The largest absolute Gasteiger partial charge is 0.489 e. The van der Waals surface area contributed by atoms with E-state index in [0.29, 0.717) is 36.4 Å². The van der Waals surface area contributed by atoms with Crippen molar-refractivity contribution in [2.75, 3.05) is 18.5 Å². The number of hydrogen-bond acceptors (Lipinski definition) is 8. The highest BCUT2D eigenvalue weighted by Gasteiger charge is 2.21. The number of aliphatic hydroxyl groups excluding tert-OH is 1. The van der Waals surface area contributed by atoms with Crippen molar-refractivity contribution in [2.45, 2.75) is 45.8 Å². The molecule has 1 aliphatic rings. The molecule has 9 heteroatoms. The Kier molecular flexibility index (Phi) is 6.12. The Balaban J connectivity index is 1.38. The molecule has 176 valence electrons. The number of ether oxygens (including phenoxy) is 2. The Morgan fingerprint density at radius 2 is 1.97 bits per heavy atom. The Morgan fingerprint density at radius 3 is 2.76 bits per heavy atom. The third-order valence-electron chi connectivity index (χ3n) is 5.77. The average Bonchev–Trinajstić information content (AvgIpc) is 3.20. The molecule has 5 rings (SSSR count). The zero-order chi connectivity index (χ0) is 23.7. The summed E-state index contributed by atoms with van der Waals surface area (Å²) in [5.74, 6) is 2.83. The maximum absolute atomic E-state index is 9.64. The molecule has 0 radical (unpaired) electrons. The number of anilines is 2. The van der Waals surface area contributed by atoms with Gasteiger partial charge in [-0.05, 0) is 57.4 Å². The first-order valence-electron chi connectivity index (χ1n) is 11.4. The van der Waals surface area contributed by atoms with Crippen molar-refractivity contribution in [2.24, 2.45) is 0 Å². The van der Waals surface area contributed by atoms with Crippen molar-refractivity contribution < 1.29 is 14.6 Å². The summed E-state index contributed by atoms with van der Waals surface area (Å²) < 4.78 is 13.6. The van der Waals surface area contributed by atoms with Crippen LogP contribution < -0.4 is 10.1 Å². The van der Waals surface area contributed by atoms with Gasteiger partial charge in [-0.2, -0.15) is 5.10 Å². The predicted octanol–water partition coefficient (Wildman–Crippen LogP) is 3.77. The van der Waals surface area contributed by atoms with Crippen LogP contribution in [-0.2, 0) is 4.74 Å². The Labute approximate surface area is 197 Å². The van der Waals surface area contributed by atoms with Gasteiger partial charge in [0.15, 0.2) is 5.82 Å². The summed E-state index contributed by atoms with van der Waals surface area (Å²) in [6.45, 7) is 6.55. The van der Waals surface area contributed by atoms with E-state index in [1.54, 1.807) is 6.20 Å². The van der Waals surface area contributed by atoms with Crippen molar-refractivity contribution in [1.82, 2.24) is 24.6 Å². The molecule has 5 heterocycles. The van der Waals surface area contributed by atoms with E-state index < -0.39 is 0 Å². The normalized spacial score (nSPS) is 18.2. The van der Waals surface area contributed by atoms with E-state index in [0.717, 1.165) is 40.9 Å². The van der Waals surface area contributed by atoms with Crippen LogP contribution in [0.1, 0.15) is 30.1 Å². The number of rotatable bonds is 6. The highest BCUT2D eigenvalue weighted by molar-refractivity contribution is 5.75. The monoisotopic (exact) mass is 460 g/mol. The summed E-state index contributed by atoms with van der Waals surface area (Å²) >= 11 is 0. The van der Waals surface area contributed by atoms with Crippen molar-refractivity contribution in [3.63, 3.8) is 0 Å². The second-order valence-corrected chi connectivity index (χ2v) is 8.70. The van der Waals surface area contributed by atoms with Crippen LogP contribution in [0.4, 0.5) is 11.6 Å². The van der Waals surface area contributed by atoms with Crippen molar-refractivity contribution >= 4 is 17.2 Å². The van der Waals surface area contributed by atoms with Gasteiger partial charge in [0.2, 0.25) is 0 Å². The van der Waals surface area contributed by atoms with Crippen LogP contribution in [-0.4, -0.2) is 55.1 Å². The fraction of sp³-hybridized carbons (Fsp3) is 0.360. The maximum atomic E-state index is 9.64. The molecular weight excluding hydrogens is 432 g/mol. The summed E-state index contributed by atoms with van der Waals surface area (Å²) in [5.41, 5.74) is 4.71. The summed E-state index contributed by atoms with van der Waals surface area (Å²) in [4.78, 5) is 13.2. The van der Waals surface area contributed by atoms with Crippen molar-refractivity contribution in [1.29, 1.82) is 0 Å². The molecule has 0 saturated carbocycles. The van der Waals surface area contributed by atoms with E-state index in [1.165, 1.54) is 0 Å². The minimum Gasteiger partial charge on any atom is -0.489 e. The van der Waals surface area contributed by atoms with Crippen LogP contribution >= 0.6 is 0 Å². The van der Waals surface area contributed by atoms with Gasteiger partial charge in [-0.1, -0.05) is 0 Å². The van der Waals surface area contributed by atoms with Gasteiger partial charge in [0.1, 0.15) is 24.0 Å². The van der Waals surface area contributed by atoms with Crippen LogP contribution in [0, 0.1) is 20.8 Å². The molecule has 0 aromatic carbocycles. The molecule has 0 amide bonds. The standard InChI is InChI=1S/C25H28N6O3/c1-15-8-22(23(12-26-15)34-14-21-5-4-20(32)13-33-21)18-6-7-31-19(10-18)11-25(30-31)29-24-9-16(2)27-17(3)28-24/h6-12,20-21,32H,4-5,13-14H2,1-3H3,(H,27,28,29,30)/t20-,21+/m1/s1. The Morgan fingerprint density at radius 1 is 1.09 bits per heavy atom. The smallest absolute Gasteiger partial charge is 0.154 e. The number of aliphatic hydroxyl groups is 1. The van der Waals surface area contributed by atoms with Gasteiger partial charge in [-0.15, -0.1) is 0 Å². The van der Waals surface area contributed by atoms with E-state index in [1.807, 2.05) is 55.7 Å². The Bertz CT molecular complexity index is 1290. The predicted molar refractivity (Wildman–Crippen MR) is 128 cm³/mol. The zero-order valence-corrected chi connectivity index (χ0v) is 19.5. The molecule has 0 spiro atoms. The summed E-state index contributed by atoms with van der Waals surface area (Å²) in [6.07, 6.45) is 4.79. The highest BCUT2D eigenvalue weighted by atomic mass is 16.5. The third kappa shape index (κ3) is 5.00. The fourth-order valence-corrected chi connectivity index (χ4v) is 4.13. The van der Waals surface area contributed by atoms with E-state index >= 15 is 0 Å². The first kappa shape index (κ1) is 22.2. The lowest BCUT2D eigenvalue weighted by atomic mass is 10.1. The molecule has 0 aliphatic carbocycles. The lowest BCUT2D eigenvalue weighted by Crippen LogP contribution is -2.33. The lowest BCUT2D eigenvalue weighted by Gasteiger charge is -2.26. The molecule has 0 bridgehead atoms. The maximum Gasteiger partial charge on any atom is 0.154 e. The fourth-order valence-electron chi connectivity index (χ4n) is 4.13. The molecule has 4 aromatic heterocycles. The molecule has 1 saturated heterocycles. The van der Waals surface area contributed by atoms with E-state index in [9.17, 15) is 5.11 Å². The van der Waals surface area contributed by atoms with Gasteiger partial charge in [-0.3, -0.25) is 4.98 Å². The number of aryl methyl sites for hydroxylation is 3. The average molecular weight is 461 g/mol. The minimum absolute atomic E-state index is 0.0300. The molecule has 4 aromatic rings. The molecule has 1 fully saturated rings. The van der Waals surface area contributed by atoms with Crippen LogP contribution in [0.3, 0.4) is 0 Å². The first-order chi connectivity index (χ1) is 16.4. The van der Waals surface area contributed by atoms with Crippen LogP contribution in [0.5, 0.6) is 5.75 Å². The zero-order valence-electron chi connectivity index (χ0n) is 19.5. The van der Waals surface area contributed by atoms with Gasteiger partial charge in [0.05, 0.1) is 30.5 Å². The molecule has 2 N–H and O–H groups in total. The van der Waals surface area contributed by atoms with E-state index in [4.69, 9.17) is 9.47 Å². The summed E-state index contributed by atoms with van der Waals surface area (Å²) in [6, 6.07) is 9.98. The van der Waals surface area contributed by atoms with Gasteiger partial charge in [0, 0.05) is 35.3 Å². The summed E-state index contributed by atoms with van der Waals surface area (Å²) in [7, 11) is 0. The number of nitrogens with zero attached hydrogens (tertiary/aromatic N) is 5. The first-order valence-corrected chi connectivity index (χ1v) is 11.4. The van der Waals surface area contributed by atoms with E-state index in [-0.39, 0.29) is 12.2 Å². The molecule has 34 heavy (non-hydrogen) atoms. The van der Waals surface area contributed by atoms with Gasteiger partial charge in [0.25, 0.3) is 0 Å². The number of hydrogen-bond donors (Lipinski definition) is 2. The second-order valence-electron chi connectivity index (χ2n) is 8.70. The quantitative estimate of drug-likeness (QED) is 0.448. The number of pyridine rings is 2. The molecule has 0 unspecified atom stereocenters. The molecule has 1 aliphatic heterocycles. The lowest BCUT2D eigenvalue weighted by molar-refractivity contribution is -0.0696. The van der Waals surface area contributed by atoms with Crippen LogP contribution in [0.2, 0.25) is 0 Å². The SMILES string of the molecule is Cc1cc(-c2ccn3nc(Nc4cc(C)nc(C)n4)cc3c2)c(OC[C@@H]2CC[C@@H](O)CO2)cn1. The second kappa shape index (κ2) is 9.36. The molecular formula is C25H28N6O3. The van der Waals surface area contributed by atoms with Gasteiger partial charge >= 0.3 is 0 Å². The number of fused-ring (bicyclic) bond motifs is 1.